The topological polar surface area (TPSA) is 37.8 Å². The number of nitrogens with one attached hydrogen (secondary N) is 1. The van der Waals surface area contributed by atoms with E-state index < -0.39 is 0 Å². The lowest BCUT2D eigenvalue weighted by atomic mass is 9.88. The van der Waals surface area contributed by atoms with Gasteiger partial charge < -0.3 is 5.32 Å². The van der Waals surface area contributed by atoms with Gasteiger partial charge in [-0.2, -0.15) is 0 Å². The minimum Gasteiger partial charge on any atom is -0.316 e. The highest BCUT2D eigenvalue weighted by Crippen LogP contribution is 2.23. The second-order valence-corrected chi connectivity index (χ2v) is 3.31. The Morgan fingerprint density at radius 3 is 2.58 bits per heavy atom. The van der Waals surface area contributed by atoms with E-state index in [2.05, 4.69) is 22.2 Å². The summed E-state index contributed by atoms with van der Waals surface area (Å²) in [7, 11) is 0. The van der Waals surface area contributed by atoms with Crippen molar-refractivity contribution in [2.45, 2.75) is 12.8 Å². The van der Waals surface area contributed by atoms with Crippen LogP contribution < -0.4 is 5.32 Å². The van der Waals surface area contributed by atoms with Crippen molar-refractivity contribution in [2.75, 3.05) is 13.1 Å². The molecule has 0 saturated carbocycles. The van der Waals surface area contributed by atoms with Crippen LogP contribution in [0.4, 0.5) is 0 Å². The first-order valence-electron chi connectivity index (χ1n) is 4.35. The van der Waals surface area contributed by atoms with Gasteiger partial charge in [0.1, 0.15) is 5.82 Å². The summed E-state index contributed by atoms with van der Waals surface area (Å²) in [6, 6.07) is 1.86. The molecule has 1 atom stereocenters. The summed E-state index contributed by atoms with van der Waals surface area (Å²) < 4.78 is 0. The Morgan fingerprint density at radius 2 is 2.08 bits per heavy atom. The average Bonchev–Trinajstić information content (AvgIpc) is 2.03. The van der Waals surface area contributed by atoms with Gasteiger partial charge in [0.15, 0.2) is 0 Å². The molecule has 0 amide bonds. The normalized spacial score (nSPS) is 20.1. The van der Waals surface area contributed by atoms with Gasteiger partial charge in [-0.1, -0.05) is 6.92 Å². The van der Waals surface area contributed by atoms with Crippen LogP contribution in [0.2, 0.25) is 0 Å². The largest absolute Gasteiger partial charge is 0.316 e. The molecule has 1 fully saturated rings. The molecule has 1 saturated heterocycles. The third-order valence-electron chi connectivity index (χ3n) is 2.51. The molecule has 0 radical (unpaired) electrons. The van der Waals surface area contributed by atoms with Gasteiger partial charge in [0.25, 0.3) is 0 Å². The highest BCUT2D eigenvalue weighted by atomic mass is 15.0. The second kappa shape index (κ2) is 3.19. The summed E-state index contributed by atoms with van der Waals surface area (Å²) in [6.07, 6.45) is 3.62. The molecule has 1 aromatic heterocycles. The molecule has 64 valence electrons. The van der Waals surface area contributed by atoms with Crippen LogP contribution in [-0.2, 0) is 0 Å². The maximum absolute atomic E-state index is 4.24. The van der Waals surface area contributed by atoms with Crippen molar-refractivity contribution in [3.63, 3.8) is 0 Å². The van der Waals surface area contributed by atoms with Crippen LogP contribution in [0, 0.1) is 5.92 Å². The highest BCUT2D eigenvalue weighted by Gasteiger charge is 2.25. The lowest BCUT2D eigenvalue weighted by Gasteiger charge is -2.31. The lowest BCUT2D eigenvalue weighted by molar-refractivity contribution is 0.295. The molecule has 2 heterocycles. The van der Waals surface area contributed by atoms with Crippen LogP contribution in [0.5, 0.6) is 0 Å². The Hall–Kier alpha value is -0.960. The van der Waals surface area contributed by atoms with E-state index in [0.717, 1.165) is 24.8 Å². The van der Waals surface area contributed by atoms with E-state index in [1.165, 1.54) is 0 Å². The smallest absolute Gasteiger partial charge is 0.131 e. The summed E-state index contributed by atoms with van der Waals surface area (Å²) in [5, 5.41) is 3.26. The zero-order chi connectivity index (χ0) is 8.39. The van der Waals surface area contributed by atoms with E-state index in [4.69, 9.17) is 0 Å². The van der Waals surface area contributed by atoms with Crippen molar-refractivity contribution in [3.8, 4) is 0 Å². The molecule has 1 aliphatic heterocycles. The van der Waals surface area contributed by atoms with E-state index >= 15 is 0 Å². The Labute approximate surface area is 72.2 Å². The van der Waals surface area contributed by atoms with Crippen molar-refractivity contribution in [1.82, 2.24) is 15.3 Å². The zero-order valence-corrected chi connectivity index (χ0v) is 7.20. The van der Waals surface area contributed by atoms with Gasteiger partial charge in [-0.3, -0.25) is 0 Å². The molecule has 0 bridgehead atoms. The Morgan fingerprint density at radius 1 is 1.42 bits per heavy atom. The Balaban J connectivity index is 2.08. The maximum Gasteiger partial charge on any atom is 0.131 e. The molecule has 0 aromatic carbocycles. The van der Waals surface area contributed by atoms with Crippen LogP contribution in [0.1, 0.15) is 18.7 Å². The fraction of sp³-hybridized carbons (Fsp3) is 0.556. The van der Waals surface area contributed by atoms with Crippen LogP contribution in [0.15, 0.2) is 18.5 Å². The molecule has 12 heavy (non-hydrogen) atoms. The number of hydrogen-bond acceptors (Lipinski definition) is 3. The van der Waals surface area contributed by atoms with E-state index in [1.54, 1.807) is 0 Å². The molecule has 1 N–H and O–H groups in total. The van der Waals surface area contributed by atoms with Gasteiger partial charge in [-0.15, -0.1) is 0 Å². The van der Waals surface area contributed by atoms with Crippen LogP contribution in [0.25, 0.3) is 0 Å². The first-order chi connectivity index (χ1) is 5.88. The van der Waals surface area contributed by atoms with Gasteiger partial charge >= 0.3 is 0 Å². The van der Waals surface area contributed by atoms with E-state index in [9.17, 15) is 0 Å². The Kier molecular flexibility index (Phi) is 2.04. The van der Waals surface area contributed by atoms with Gasteiger partial charge in [-0.05, 0) is 25.1 Å². The second-order valence-electron chi connectivity index (χ2n) is 3.31. The molecular formula is C9H13N3. The van der Waals surface area contributed by atoms with Gasteiger partial charge in [0, 0.05) is 18.3 Å². The lowest BCUT2D eigenvalue weighted by Crippen LogP contribution is -2.44. The molecule has 3 heteroatoms. The summed E-state index contributed by atoms with van der Waals surface area (Å²) in [4.78, 5) is 8.49. The van der Waals surface area contributed by atoms with Gasteiger partial charge in [0.05, 0.1) is 0 Å². The first-order valence-corrected chi connectivity index (χ1v) is 4.35. The van der Waals surface area contributed by atoms with Crippen molar-refractivity contribution in [1.29, 1.82) is 0 Å². The minimum atomic E-state index is 0.493. The monoisotopic (exact) mass is 163 g/mol. The molecule has 1 aromatic rings. The molecule has 2 rings (SSSR count). The van der Waals surface area contributed by atoms with E-state index in [0.29, 0.717) is 5.92 Å². The van der Waals surface area contributed by atoms with Crippen molar-refractivity contribution in [3.05, 3.63) is 24.3 Å². The number of rotatable bonds is 2. The fourth-order valence-corrected chi connectivity index (χ4v) is 1.42. The molecular weight excluding hydrogens is 150 g/mol. The number of aromatic nitrogens is 2. The van der Waals surface area contributed by atoms with Crippen LogP contribution in [0.3, 0.4) is 0 Å². The Bertz CT molecular complexity index is 243. The van der Waals surface area contributed by atoms with Crippen molar-refractivity contribution in [2.24, 2.45) is 5.92 Å². The zero-order valence-electron chi connectivity index (χ0n) is 7.20. The predicted octanol–water partition coefficient (Wildman–Crippen LogP) is 0.799. The van der Waals surface area contributed by atoms with Crippen LogP contribution in [-0.4, -0.2) is 23.1 Å². The molecule has 3 nitrogen and oxygen atoms in total. The third kappa shape index (κ3) is 1.32. The van der Waals surface area contributed by atoms with Crippen LogP contribution >= 0.6 is 0 Å². The van der Waals surface area contributed by atoms with E-state index in [1.807, 2.05) is 18.5 Å². The van der Waals surface area contributed by atoms with Crippen molar-refractivity contribution >= 4 is 0 Å². The minimum absolute atomic E-state index is 0.493. The number of nitrogens with zero attached hydrogens (tertiary/aromatic N) is 2. The summed E-state index contributed by atoms with van der Waals surface area (Å²) in [5.74, 6) is 2.20. The SMILES string of the molecule is CC(c1ncccn1)C1CNC1. The summed E-state index contributed by atoms with van der Waals surface area (Å²) in [5.41, 5.74) is 0. The molecule has 1 unspecified atom stereocenters. The third-order valence-corrected chi connectivity index (χ3v) is 2.51. The van der Waals surface area contributed by atoms with Gasteiger partial charge in [0.2, 0.25) is 0 Å². The summed E-state index contributed by atoms with van der Waals surface area (Å²) >= 11 is 0. The quantitative estimate of drug-likeness (QED) is 0.700. The predicted molar refractivity (Wildman–Crippen MR) is 46.8 cm³/mol. The maximum atomic E-state index is 4.24. The van der Waals surface area contributed by atoms with E-state index in [-0.39, 0.29) is 0 Å². The molecule has 0 aliphatic carbocycles. The standard InChI is InChI=1S/C9H13N3/c1-7(8-5-10-6-8)9-11-3-2-4-12-9/h2-4,7-8,10H,5-6H2,1H3. The summed E-state index contributed by atoms with van der Waals surface area (Å²) in [6.45, 7) is 4.42. The average molecular weight is 163 g/mol. The molecule has 0 spiro atoms. The fourth-order valence-electron chi connectivity index (χ4n) is 1.42. The number of hydrogen-bond donors (Lipinski definition) is 1. The molecule has 1 aliphatic rings. The first kappa shape index (κ1) is 7.68. The highest BCUT2D eigenvalue weighted by molar-refractivity contribution is 5.00. The van der Waals surface area contributed by atoms with Gasteiger partial charge in [-0.25, -0.2) is 9.97 Å². The van der Waals surface area contributed by atoms with Crippen molar-refractivity contribution < 1.29 is 0 Å².